The number of nitrogens with one attached hydrogen (secondary N) is 1. The van der Waals surface area contributed by atoms with Crippen LogP contribution in [-0.4, -0.2) is 17.2 Å². The molecule has 19 heavy (non-hydrogen) atoms. The second kappa shape index (κ2) is 4.60. The van der Waals surface area contributed by atoms with Gasteiger partial charge in [0.25, 0.3) is 5.92 Å². The number of benzene rings is 1. The van der Waals surface area contributed by atoms with E-state index in [2.05, 4.69) is 5.32 Å². The molecule has 0 bridgehead atoms. The minimum Gasteiger partial charge on any atom is -0.350 e. The van der Waals surface area contributed by atoms with Gasteiger partial charge in [-0.25, -0.2) is 0 Å². The summed E-state index contributed by atoms with van der Waals surface area (Å²) in [6.07, 6.45) is 3.97. The van der Waals surface area contributed by atoms with Crippen LogP contribution in [0.4, 0.5) is 8.78 Å². The molecule has 102 valence electrons. The van der Waals surface area contributed by atoms with Crippen molar-refractivity contribution >= 4 is 10.9 Å². The third-order valence-electron chi connectivity index (χ3n) is 4.00. The second-order valence-electron chi connectivity index (χ2n) is 5.30. The lowest BCUT2D eigenvalue weighted by molar-refractivity contribution is -0.0499. The van der Waals surface area contributed by atoms with Gasteiger partial charge in [-0.2, -0.15) is 8.78 Å². The highest BCUT2D eigenvalue weighted by Gasteiger charge is 2.43. The van der Waals surface area contributed by atoms with E-state index in [9.17, 15) is 8.78 Å². The standard InChI is InChI=1S/C15H18F2N2/c1-19-10-12(11-6-2-3-7-13(11)19)15(16,17)14-8-4-5-9-18-14/h2-3,6-7,10,14,18H,4-5,8-9H2,1H3. The third kappa shape index (κ3) is 2.04. The molecule has 1 fully saturated rings. The van der Waals surface area contributed by atoms with Gasteiger partial charge < -0.3 is 9.88 Å². The van der Waals surface area contributed by atoms with E-state index in [4.69, 9.17) is 0 Å². The Balaban J connectivity index is 2.07. The fourth-order valence-corrected chi connectivity index (χ4v) is 2.96. The van der Waals surface area contributed by atoms with Crippen LogP contribution in [0.2, 0.25) is 0 Å². The van der Waals surface area contributed by atoms with Crippen molar-refractivity contribution in [3.63, 3.8) is 0 Å². The Morgan fingerprint density at radius 1 is 1.26 bits per heavy atom. The van der Waals surface area contributed by atoms with E-state index < -0.39 is 12.0 Å². The maximum atomic E-state index is 14.7. The van der Waals surface area contributed by atoms with Crippen molar-refractivity contribution in [1.29, 1.82) is 0 Å². The van der Waals surface area contributed by atoms with Crippen LogP contribution in [0.15, 0.2) is 30.5 Å². The Kier molecular flexibility index (Phi) is 3.05. The molecule has 0 spiro atoms. The van der Waals surface area contributed by atoms with Crippen molar-refractivity contribution in [2.75, 3.05) is 6.54 Å². The molecule has 0 radical (unpaired) electrons. The van der Waals surface area contributed by atoms with Crippen LogP contribution in [0.5, 0.6) is 0 Å². The van der Waals surface area contributed by atoms with E-state index >= 15 is 0 Å². The molecule has 1 N–H and O–H groups in total. The van der Waals surface area contributed by atoms with Crippen molar-refractivity contribution in [3.05, 3.63) is 36.0 Å². The number of piperidine rings is 1. The van der Waals surface area contributed by atoms with E-state index in [-0.39, 0.29) is 5.56 Å². The summed E-state index contributed by atoms with van der Waals surface area (Å²) in [6.45, 7) is 0.686. The second-order valence-corrected chi connectivity index (χ2v) is 5.30. The lowest BCUT2D eigenvalue weighted by atomic mass is 9.93. The monoisotopic (exact) mass is 264 g/mol. The molecule has 3 rings (SSSR count). The summed E-state index contributed by atoms with van der Waals surface area (Å²) in [6, 6.07) is 6.61. The fraction of sp³-hybridized carbons (Fsp3) is 0.467. The quantitative estimate of drug-likeness (QED) is 0.879. The Morgan fingerprint density at radius 3 is 2.79 bits per heavy atom. The summed E-state index contributed by atoms with van der Waals surface area (Å²) in [5, 5.41) is 3.63. The molecule has 4 heteroatoms. The molecular weight excluding hydrogens is 246 g/mol. The summed E-state index contributed by atoms with van der Waals surface area (Å²) < 4.78 is 31.2. The topological polar surface area (TPSA) is 17.0 Å². The van der Waals surface area contributed by atoms with E-state index in [1.54, 1.807) is 16.8 Å². The summed E-state index contributed by atoms with van der Waals surface area (Å²) in [5.74, 6) is -2.82. The lowest BCUT2D eigenvalue weighted by Gasteiger charge is -2.31. The van der Waals surface area contributed by atoms with Gasteiger partial charge in [0.05, 0.1) is 6.04 Å². The molecule has 2 nitrogen and oxygen atoms in total. The van der Waals surface area contributed by atoms with Crippen LogP contribution in [0.1, 0.15) is 24.8 Å². The Labute approximate surface area is 111 Å². The van der Waals surface area contributed by atoms with Gasteiger partial charge in [-0.1, -0.05) is 24.6 Å². The largest absolute Gasteiger partial charge is 0.350 e. The number of aromatic nitrogens is 1. The van der Waals surface area contributed by atoms with Crippen molar-refractivity contribution in [2.24, 2.45) is 7.05 Å². The van der Waals surface area contributed by atoms with Crippen molar-refractivity contribution in [3.8, 4) is 0 Å². The normalized spacial score (nSPS) is 20.9. The number of rotatable bonds is 2. The van der Waals surface area contributed by atoms with Crippen LogP contribution in [0.3, 0.4) is 0 Å². The highest BCUT2D eigenvalue weighted by molar-refractivity contribution is 5.84. The predicted octanol–water partition coefficient (Wildman–Crippen LogP) is 3.41. The molecule has 1 aliphatic heterocycles. The van der Waals surface area contributed by atoms with E-state index in [0.29, 0.717) is 18.4 Å². The Bertz CT molecular complexity index is 583. The van der Waals surface area contributed by atoms with Crippen LogP contribution >= 0.6 is 0 Å². The van der Waals surface area contributed by atoms with Gasteiger partial charge in [0.15, 0.2) is 0 Å². The molecule has 1 aromatic carbocycles. The number of hydrogen-bond acceptors (Lipinski definition) is 1. The van der Waals surface area contributed by atoms with E-state index in [1.165, 1.54) is 0 Å². The smallest absolute Gasteiger partial charge is 0.290 e. The van der Waals surface area contributed by atoms with Gasteiger partial charge in [-0.05, 0) is 25.5 Å². The number of aryl methyl sites for hydroxylation is 1. The first-order valence-corrected chi connectivity index (χ1v) is 6.76. The van der Waals surface area contributed by atoms with E-state index in [0.717, 1.165) is 18.4 Å². The molecule has 1 aromatic heterocycles. The first-order chi connectivity index (χ1) is 9.10. The maximum absolute atomic E-state index is 14.7. The maximum Gasteiger partial charge on any atom is 0.290 e. The molecule has 2 aromatic rings. The zero-order chi connectivity index (χ0) is 13.5. The van der Waals surface area contributed by atoms with Gasteiger partial charge in [-0.15, -0.1) is 0 Å². The summed E-state index contributed by atoms with van der Waals surface area (Å²) in [4.78, 5) is 0. The average Bonchev–Trinajstić information content (AvgIpc) is 2.79. The number of alkyl halides is 2. The first kappa shape index (κ1) is 12.6. The average molecular weight is 264 g/mol. The molecule has 1 unspecified atom stereocenters. The first-order valence-electron chi connectivity index (χ1n) is 6.76. The lowest BCUT2D eigenvalue weighted by Crippen LogP contribution is -2.45. The molecule has 0 saturated carbocycles. The third-order valence-corrected chi connectivity index (χ3v) is 4.00. The summed E-state index contributed by atoms with van der Waals surface area (Å²) in [7, 11) is 1.82. The van der Waals surface area contributed by atoms with Crippen LogP contribution in [0.25, 0.3) is 10.9 Å². The predicted molar refractivity (Wildman–Crippen MR) is 72.5 cm³/mol. The van der Waals surface area contributed by atoms with Crippen molar-refractivity contribution in [1.82, 2.24) is 9.88 Å². The highest BCUT2D eigenvalue weighted by Crippen LogP contribution is 2.39. The SMILES string of the molecule is Cn1cc(C(F)(F)C2CCCCN2)c2ccccc21. The minimum atomic E-state index is -2.82. The molecule has 1 atom stereocenters. The number of hydrogen-bond donors (Lipinski definition) is 1. The molecule has 1 saturated heterocycles. The number of halogens is 2. The minimum absolute atomic E-state index is 0.144. The van der Waals surface area contributed by atoms with Gasteiger partial charge in [0, 0.05) is 29.7 Å². The molecular formula is C15H18F2N2. The molecule has 0 amide bonds. The molecule has 0 aliphatic carbocycles. The highest BCUT2D eigenvalue weighted by atomic mass is 19.3. The summed E-state index contributed by atoms with van der Waals surface area (Å²) >= 11 is 0. The van der Waals surface area contributed by atoms with Crippen LogP contribution < -0.4 is 5.32 Å². The molecule has 2 heterocycles. The van der Waals surface area contributed by atoms with Gasteiger partial charge >= 0.3 is 0 Å². The number of para-hydroxylation sites is 1. The zero-order valence-corrected chi connectivity index (χ0v) is 11.0. The zero-order valence-electron chi connectivity index (χ0n) is 11.0. The van der Waals surface area contributed by atoms with Crippen LogP contribution in [-0.2, 0) is 13.0 Å². The van der Waals surface area contributed by atoms with Crippen molar-refractivity contribution < 1.29 is 8.78 Å². The van der Waals surface area contributed by atoms with Gasteiger partial charge in [-0.3, -0.25) is 0 Å². The number of nitrogens with zero attached hydrogens (tertiary/aromatic N) is 1. The van der Waals surface area contributed by atoms with Crippen LogP contribution in [0, 0.1) is 0 Å². The number of fused-ring (bicyclic) bond motifs is 1. The fourth-order valence-electron chi connectivity index (χ4n) is 2.96. The van der Waals surface area contributed by atoms with Gasteiger partial charge in [0.1, 0.15) is 0 Å². The Hall–Kier alpha value is -1.42. The van der Waals surface area contributed by atoms with Crippen molar-refractivity contribution in [2.45, 2.75) is 31.2 Å². The molecule has 1 aliphatic rings. The summed E-state index contributed by atoms with van der Waals surface area (Å²) in [5.41, 5.74) is 0.998. The Morgan fingerprint density at radius 2 is 2.05 bits per heavy atom. The van der Waals surface area contributed by atoms with Gasteiger partial charge in [0.2, 0.25) is 0 Å². The van der Waals surface area contributed by atoms with E-state index in [1.807, 2.05) is 25.2 Å².